The smallest absolute Gasteiger partial charge is 0.119 e. The number of ether oxygens (including phenoxy) is 5. The maximum atomic E-state index is 6.02. The minimum atomic E-state index is 0.814. The third-order valence-electron chi connectivity index (χ3n) is 18.4. The van der Waals surface area contributed by atoms with Crippen molar-refractivity contribution in [3.63, 3.8) is 0 Å². The van der Waals surface area contributed by atoms with Crippen molar-refractivity contribution in [1.82, 2.24) is 0 Å². The summed E-state index contributed by atoms with van der Waals surface area (Å²) in [5.74, 6) is 10.8. The molecule has 6 rings (SSSR count). The molecule has 3 fully saturated rings. The molecule has 0 atom stereocenters. The van der Waals surface area contributed by atoms with Crippen LogP contribution in [0.25, 0.3) is 0 Å². The van der Waals surface area contributed by atoms with Gasteiger partial charge in [0.2, 0.25) is 0 Å². The molecular formula is C75H126O5. The van der Waals surface area contributed by atoms with Crippen molar-refractivity contribution in [2.45, 2.75) is 298 Å². The minimum Gasteiger partial charge on any atom is -0.494 e. The summed E-state index contributed by atoms with van der Waals surface area (Å²) in [5.41, 5.74) is 1.46. The van der Waals surface area contributed by atoms with E-state index in [0.717, 1.165) is 110 Å². The summed E-state index contributed by atoms with van der Waals surface area (Å²) in [6, 6.07) is 25.1. The highest BCUT2D eigenvalue weighted by Crippen LogP contribution is 2.36. The van der Waals surface area contributed by atoms with Crippen molar-refractivity contribution >= 4 is 0 Å². The van der Waals surface area contributed by atoms with Crippen LogP contribution in [0.2, 0.25) is 0 Å². The molecule has 0 heterocycles. The second-order valence-electron chi connectivity index (χ2n) is 25.2. The highest BCUT2D eigenvalue weighted by molar-refractivity contribution is 5.32. The van der Waals surface area contributed by atoms with Crippen LogP contribution in [0.15, 0.2) is 72.8 Å². The van der Waals surface area contributed by atoms with Crippen LogP contribution in [0.3, 0.4) is 0 Å². The van der Waals surface area contributed by atoms with Crippen LogP contribution < -0.4 is 23.7 Å². The summed E-state index contributed by atoms with van der Waals surface area (Å²) < 4.78 is 29.3. The van der Waals surface area contributed by atoms with Crippen LogP contribution in [-0.2, 0) is 6.42 Å². The van der Waals surface area contributed by atoms with Crippen molar-refractivity contribution in [3.8, 4) is 28.7 Å². The van der Waals surface area contributed by atoms with Gasteiger partial charge in [-0.15, -0.1) is 0 Å². The van der Waals surface area contributed by atoms with Crippen molar-refractivity contribution < 1.29 is 23.7 Å². The quantitative estimate of drug-likeness (QED) is 0.0530. The number of hydrogen-bond acceptors (Lipinski definition) is 5. The van der Waals surface area contributed by atoms with E-state index in [-0.39, 0.29) is 0 Å². The fourth-order valence-corrected chi connectivity index (χ4v) is 12.9. The van der Waals surface area contributed by atoms with E-state index in [9.17, 15) is 0 Å². The Balaban J connectivity index is 0.000000261. The van der Waals surface area contributed by atoms with E-state index >= 15 is 0 Å². The first kappa shape index (κ1) is 69.2. The van der Waals surface area contributed by atoms with E-state index in [0.29, 0.717) is 0 Å². The molecular weight excluding hydrogens is 981 g/mol. The number of benzene rings is 3. The molecule has 3 aliphatic carbocycles. The Morgan fingerprint density at radius 2 is 0.512 bits per heavy atom. The van der Waals surface area contributed by atoms with E-state index in [1.54, 1.807) is 0 Å². The lowest BCUT2D eigenvalue weighted by Crippen LogP contribution is -2.15. The van der Waals surface area contributed by atoms with E-state index in [1.165, 1.54) is 250 Å². The topological polar surface area (TPSA) is 46.2 Å². The van der Waals surface area contributed by atoms with Crippen LogP contribution in [0, 0.1) is 35.5 Å². The van der Waals surface area contributed by atoms with Gasteiger partial charge in [-0.3, -0.25) is 0 Å². The maximum Gasteiger partial charge on any atom is 0.119 e. The van der Waals surface area contributed by atoms with Crippen molar-refractivity contribution in [3.05, 3.63) is 78.4 Å². The standard InChI is InChI=1S/C30H52O.C23H38O2.C22H36O2/c1-3-5-7-9-11-13-15-27-18-20-29(21-19-27)17-14-26-31-30-24-22-28(23-25-30)16-12-10-8-6-4-2;1-3-5-6-18-24-22-14-16-23(17-15-22)25-19-7-9-21-12-10-20(8-4-2)11-13-21;1-3-5-6-17-23-21-13-15-22(16-14-21)24-18-7-8-20-11-9-19(4-2)10-12-20/h22-25,27,29H,3-21,26H2,1-2H3;14-17,20-21H,3-13,18-19H2,1-2H3;13-16,19-20H,3-12,17-18H2,1-2H3. The second-order valence-corrected chi connectivity index (χ2v) is 25.2. The van der Waals surface area contributed by atoms with Crippen molar-refractivity contribution in [2.75, 3.05) is 33.0 Å². The molecule has 0 unspecified atom stereocenters. The van der Waals surface area contributed by atoms with Crippen LogP contribution in [0.1, 0.15) is 298 Å². The molecule has 0 aliphatic heterocycles. The highest BCUT2D eigenvalue weighted by Gasteiger charge is 2.22. The van der Waals surface area contributed by atoms with Gasteiger partial charge in [0.15, 0.2) is 0 Å². The van der Waals surface area contributed by atoms with Gasteiger partial charge in [-0.25, -0.2) is 0 Å². The predicted octanol–water partition coefficient (Wildman–Crippen LogP) is 23.6. The van der Waals surface area contributed by atoms with Crippen molar-refractivity contribution in [1.29, 1.82) is 0 Å². The summed E-state index contributed by atoms with van der Waals surface area (Å²) in [6.45, 7) is 17.8. The lowest BCUT2D eigenvalue weighted by atomic mass is 9.78. The first-order valence-electron chi connectivity index (χ1n) is 34.9. The molecule has 456 valence electrons. The van der Waals surface area contributed by atoms with E-state index in [2.05, 4.69) is 65.8 Å². The Bertz CT molecular complexity index is 1780. The molecule has 0 amide bonds. The van der Waals surface area contributed by atoms with Crippen molar-refractivity contribution in [2.24, 2.45) is 35.5 Å². The van der Waals surface area contributed by atoms with Gasteiger partial charge in [0, 0.05) is 0 Å². The first-order valence-corrected chi connectivity index (χ1v) is 34.9. The van der Waals surface area contributed by atoms with Gasteiger partial charge in [-0.2, -0.15) is 0 Å². The number of hydrogen-bond donors (Lipinski definition) is 0. The summed E-state index contributed by atoms with van der Waals surface area (Å²) in [7, 11) is 0. The molecule has 5 heteroatoms. The molecule has 0 saturated heterocycles. The van der Waals surface area contributed by atoms with Crippen LogP contribution in [0.4, 0.5) is 0 Å². The summed E-state index contributed by atoms with van der Waals surface area (Å²) >= 11 is 0. The molecule has 5 nitrogen and oxygen atoms in total. The molecule has 0 bridgehead atoms. The van der Waals surface area contributed by atoms with Gasteiger partial charge in [0.25, 0.3) is 0 Å². The maximum absolute atomic E-state index is 6.02. The molecule has 3 aromatic carbocycles. The molecule has 3 aliphatic rings. The van der Waals surface area contributed by atoms with Gasteiger partial charge in [-0.1, -0.05) is 246 Å². The number of aryl methyl sites for hydroxylation is 1. The summed E-state index contributed by atoms with van der Waals surface area (Å²) in [6.07, 6.45) is 54.6. The van der Waals surface area contributed by atoms with Crippen LogP contribution in [-0.4, -0.2) is 33.0 Å². The minimum absolute atomic E-state index is 0.814. The van der Waals surface area contributed by atoms with Gasteiger partial charge >= 0.3 is 0 Å². The van der Waals surface area contributed by atoms with Crippen LogP contribution in [0.5, 0.6) is 28.7 Å². The fraction of sp³-hybridized carbons (Fsp3) is 0.760. The normalized spacial score (nSPS) is 19.9. The average molecular weight is 1110 g/mol. The number of unbranched alkanes of at least 4 members (excludes halogenated alkanes) is 13. The molecule has 0 aromatic heterocycles. The molecule has 3 saturated carbocycles. The third-order valence-corrected chi connectivity index (χ3v) is 18.4. The predicted molar refractivity (Wildman–Crippen MR) is 346 cm³/mol. The van der Waals surface area contributed by atoms with E-state index in [1.807, 2.05) is 48.5 Å². The highest BCUT2D eigenvalue weighted by atomic mass is 16.5. The Kier molecular flexibility index (Phi) is 40.7. The van der Waals surface area contributed by atoms with E-state index in [4.69, 9.17) is 23.7 Å². The second kappa shape index (κ2) is 47.1. The molecule has 3 aromatic rings. The zero-order valence-corrected chi connectivity index (χ0v) is 53.3. The lowest BCUT2D eigenvalue weighted by Gasteiger charge is -2.28. The van der Waals surface area contributed by atoms with Crippen LogP contribution >= 0.6 is 0 Å². The monoisotopic (exact) mass is 1110 g/mol. The molecule has 0 N–H and O–H groups in total. The zero-order chi connectivity index (χ0) is 56.8. The van der Waals surface area contributed by atoms with Gasteiger partial charge in [0.05, 0.1) is 33.0 Å². The Labute approximate surface area is 495 Å². The number of rotatable bonds is 41. The molecule has 80 heavy (non-hydrogen) atoms. The lowest BCUT2D eigenvalue weighted by molar-refractivity contribution is 0.228. The SMILES string of the molecule is CCCCCCCCC1CCC(CCCOc2ccc(CCCCCCC)cc2)CC1.CCCCCOc1ccc(OCCCC2CCC(CC)CC2)cc1.CCCCCOc1ccc(OCCCC2CCC(CCC)CC2)cc1. The Hall–Kier alpha value is -3.34. The molecule has 0 spiro atoms. The first-order chi connectivity index (χ1) is 39.4. The Morgan fingerprint density at radius 3 is 0.850 bits per heavy atom. The largest absolute Gasteiger partial charge is 0.494 e. The summed E-state index contributed by atoms with van der Waals surface area (Å²) in [5, 5.41) is 0. The van der Waals surface area contributed by atoms with Gasteiger partial charge < -0.3 is 23.7 Å². The summed E-state index contributed by atoms with van der Waals surface area (Å²) in [4.78, 5) is 0. The zero-order valence-electron chi connectivity index (χ0n) is 53.3. The van der Waals surface area contributed by atoms with Gasteiger partial charge in [0.1, 0.15) is 28.7 Å². The fourth-order valence-electron chi connectivity index (χ4n) is 12.9. The van der Waals surface area contributed by atoms with Gasteiger partial charge in [-0.05, 0) is 166 Å². The average Bonchev–Trinajstić information content (AvgIpc) is 3.50. The Morgan fingerprint density at radius 1 is 0.250 bits per heavy atom. The third kappa shape index (κ3) is 33.7. The van der Waals surface area contributed by atoms with E-state index < -0.39 is 0 Å². The molecule has 0 radical (unpaired) electrons.